The van der Waals surface area contributed by atoms with E-state index < -0.39 is 5.41 Å². The van der Waals surface area contributed by atoms with E-state index in [2.05, 4.69) is 13.0 Å². The Morgan fingerprint density at radius 2 is 2.18 bits per heavy atom. The van der Waals surface area contributed by atoms with E-state index in [4.69, 9.17) is 4.74 Å². The normalized spacial score (nSPS) is 26.2. The minimum absolute atomic E-state index is 0.0791. The first-order chi connectivity index (χ1) is 8.09. The van der Waals surface area contributed by atoms with Crippen molar-refractivity contribution in [3.63, 3.8) is 0 Å². The van der Waals surface area contributed by atoms with Gasteiger partial charge < -0.3 is 4.74 Å². The summed E-state index contributed by atoms with van der Waals surface area (Å²) in [5.74, 6) is -0.463. The van der Waals surface area contributed by atoms with Gasteiger partial charge in [0.25, 0.3) is 0 Å². The van der Waals surface area contributed by atoms with Crippen LogP contribution in [-0.2, 0) is 14.3 Å². The molecule has 1 rings (SSSR count). The van der Waals surface area contributed by atoms with Gasteiger partial charge in [0.15, 0.2) is 5.78 Å². The molecule has 0 N–H and O–H groups in total. The molecule has 96 valence electrons. The van der Waals surface area contributed by atoms with Gasteiger partial charge in [0.05, 0.1) is 7.11 Å². The minimum atomic E-state index is -0.970. The molecular formula is C14H22O3. The maximum absolute atomic E-state index is 11.9. The number of hydrogen-bond donors (Lipinski definition) is 0. The Kier molecular flexibility index (Phi) is 4.91. The van der Waals surface area contributed by atoms with Crippen molar-refractivity contribution in [3.8, 4) is 0 Å². The van der Waals surface area contributed by atoms with Crippen molar-refractivity contribution in [2.24, 2.45) is 5.41 Å². The van der Waals surface area contributed by atoms with E-state index >= 15 is 0 Å². The fourth-order valence-electron chi connectivity index (χ4n) is 2.63. The molecule has 3 heteroatoms. The van der Waals surface area contributed by atoms with Gasteiger partial charge in [0.2, 0.25) is 0 Å². The summed E-state index contributed by atoms with van der Waals surface area (Å²) in [6.07, 6.45) is 7.58. The zero-order valence-electron chi connectivity index (χ0n) is 11.0. The van der Waals surface area contributed by atoms with Gasteiger partial charge in [-0.1, -0.05) is 25.8 Å². The van der Waals surface area contributed by atoms with E-state index in [1.807, 2.05) is 0 Å². The van der Waals surface area contributed by atoms with Crippen LogP contribution in [0.3, 0.4) is 0 Å². The van der Waals surface area contributed by atoms with Crippen molar-refractivity contribution < 1.29 is 14.3 Å². The first-order valence-corrected chi connectivity index (χ1v) is 6.38. The van der Waals surface area contributed by atoms with Crippen LogP contribution in [0.1, 0.15) is 52.4 Å². The highest BCUT2D eigenvalue weighted by molar-refractivity contribution is 6.06. The summed E-state index contributed by atoms with van der Waals surface area (Å²) in [4.78, 5) is 23.8. The summed E-state index contributed by atoms with van der Waals surface area (Å²) in [5.41, 5.74) is 0.00738. The zero-order chi connectivity index (χ0) is 12.9. The molecule has 0 aromatic carbocycles. The van der Waals surface area contributed by atoms with Gasteiger partial charge in [-0.05, 0) is 38.2 Å². The number of ketones is 1. The molecule has 0 saturated heterocycles. The zero-order valence-corrected chi connectivity index (χ0v) is 11.0. The molecule has 0 aliphatic heterocycles. The molecule has 17 heavy (non-hydrogen) atoms. The second kappa shape index (κ2) is 5.99. The molecular weight excluding hydrogens is 216 g/mol. The van der Waals surface area contributed by atoms with Gasteiger partial charge in [-0.3, -0.25) is 9.59 Å². The maximum atomic E-state index is 11.9. The lowest BCUT2D eigenvalue weighted by Crippen LogP contribution is -2.37. The molecule has 0 amide bonds. The number of esters is 1. The first-order valence-electron chi connectivity index (χ1n) is 6.38. The number of ether oxygens (including phenoxy) is 1. The Hall–Kier alpha value is -1.12. The van der Waals surface area contributed by atoms with E-state index in [1.165, 1.54) is 14.0 Å². The van der Waals surface area contributed by atoms with Gasteiger partial charge >= 0.3 is 5.97 Å². The summed E-state index contributed by atoms with van der Waals surface area (Å²) >= 11 is 0. The number of allylic oxidation sites excluding steroid dienone is 1. The van der Waals surface area contributed by atoms with Crippen LogP contribution in [0.4, 0.5) is 0 Å². The topological polar surface area (TPSA) is 43.4 Å². The van der Waals surface area contributed by atoms with Crippen molar-refractivity contribution in [2.45, 2.75) is 52.4 Å². The molecule has 1 fully saturated rings. The van der Waals surface area contributed by atoms with Gasteiger partial charge in [0, 0.05) is 0 Å². The van der Waals surface area contributed by atoms with Crippen LogP contribution in [0.2, 0.25) is 0 Å². The van der Waals surface area contributed by atoms with Gasteiger partial charge in [-0.25, -0.2) is 0 Å². The number of hydrogen-bond acceptors (Lipinski definition) is 3. The molecule has 0 aromatic heterocycles. The van der Waals surface area contributed by atoms with E-state index in [0.29, 0.717) is 6.42 Å². The molecule has 1 aliphatic rings. The lowest BCUT2D eigenvalue weighted by molar-refractivity contribution is -0.154. The monoisotopic (exact) mass is 238 g/mol. The van der Waals surface area contributed by atoms with Crippen LogP contribution in [-0.4, -0.2) is 18.9 Å². The third kappa shape index (κ3) is 2.59. The quantitative estimate of drug-likeness (QED) is 0.320. The second-order valence-corrected chi connectivity index (χ2v) is 4.68. The fraction of sp³-hybridized carbons (Fsp3) is 0.714. The van der Waals surface area contributed by atoms with Crippen molar-refractivity contribution in [2.75, 3.05) is 7.11 Å². The molecule has 1 unspecified atom stereocenters. The Morgan fingerprint density at radius 1 is 1.47 bits per heavy atom. The van der Waals surface area contributed by atoms with E-state index in [9.17, 15) is 9.59 Å². The standard InChI is InChI=1S/C14H22O3/c1-4-5-6-8-12-9-7-10-14(12,11(2)15)13(16)17-3/h8H,4-7,9-10H2,1-3H3/b12-8-. The Bertz CT molecular complexity index is 330. The lowest BCUT2D eigenvalue weighted by Gasteiger charge is -2.25. The van der Waals surface area contributed by atoms with E-state index in [-0.39, 0.29) is 11.8 Å². The molecule has 1 saturated carbocycles. The molecule has 3 nitrogen and oxygen atoms in total. The Balaban J connectivity index is 2.99. The van der Waals surface area contributed by atoms with Crippen molar-refractivity contribution in [1.82, 2.24) is 0 Å². The number of methoxy groups -OCH3 is 1. The average molecular weight is 238 g/mol. The number of carbonyl (C=O) groups is 2. The third-order valence-electron chi connectivity index (χ3n) is 3.63. The fourth-order valence-corrected chi connectivity index (χ4v) is 2.63. The number of Topliss-reactive ketones (excluding diaryl/α,β-unsaturated/α-hetero) is 1. The van der Waals surface area contributed by atoms with Gasteiger partial charge in [-0.15, -0.1) is 0 Å². The van der Waals surface area contributed by atoms with Crippen molar-refractivity contribution in [1.29, 1.82) is 0 Å². The van der Waals surface area contributed by atoms with Crippen LogP contribution >= 0.6 is 0 Å². The van der Waals surface area contributed by atoms with Crippen LogP contribution in [0.5, 0.6) is 0 Å². The molecule has 0 bridgehead atoms. The SMILES string of the molecule is CCCC/C=C1/CCCC1(C(C)=O)C(=O)OC. The smallest absolute Gasteiger partial charge is 0.323 e. The summed E-state index contributed by atoms with van der Waals surface area (Å²) in [6, 6.07) is 0. The average Bonchev–Trinajstić information content (AvgIpc) is 2.73. The molecule has 0 radical (unpaired) electrons. The Labute approximate surface area is 103 Å². The summed E-state index contributed by atoms with van der Waals surface area (Å²) in [6.45, 7) is 3.63. The number of carbonyl (C=O) groups excluding carboxylic acids is 2. The maximum Gasteiger partial charge on any atom is 0.323 e. The predicted molar refractivity (Wildman–Crippen MR) is 66.6 cm³/mol. The minimum Gasteiger partial charge on any atom is -0.468 e. The number of unbranched alkanes of at least 4 members (excludes halogenated alkanes) is 2. The highest BCUT2D eigenvalue weighted by Crippen LogP contribution is 2.45. The third-order valence-corrected chi connectivity index (χ3v) is 3.63. The highest BCUT2D eigenvalue weighted by Gasteiger charge is 2.50. The van der Waals surface area contributed by atoms with E-state index in [0.717, 1.165) is 37.7 Å². The van der Waals surface area contributed by atoms with Crippen LogP contribution in [0.15, 0.2) is 11.6 Å². The summed E-state index contributed by atoms with van der Waals surface area (Å²) < 4.78 is 4.83. The molecule has 1 aliphatic carbocycles. The largest absolute Gasteiger partial charge is 0.468 e. The van der Waals surface area contributed by atoms with Gasteiger partial charge in [0.1, 0.15) is 5.41 Å². The second-order valence-electron chi connectivity index (χ2n) is 4.68. The van der Waals surface area contributed by atoms with Crippen LogP contribution < -0.4 is 0 Å². The first kappa shape index (κ1) is 13.9. The highest BCUT2D eigenvalue weighted by atomic mass is 16.5. The van der Waals surface area contributed by atoms with Crippen molar-refractivity contribution >= 4 is 11.8 Å². The molecule has 0 heterocycles. The molecule has 1 atom stereocenters. The van der Waals surface area contributed by atoms with Crippen molar-refractivity contribution in [3.05, 3.63) is 11.6 Å². The molecule has 0 spiro atoms. The van der Waals surface area contributed by atoms with Gasteiger partial charge in [-0.2, -0.15) is 0 Å². The molecule has 0 aromatic rings. The van der Waals surface area contributed by atoms with Crippen LogP contribution in [0, 0.1) is 5.41 Å². The van der Waals surface area contributed by atoms with Crippen LogP contribution in [0.25, 0.3) is 0 Å². The summed E-state index contributed by atoms with van der Waals surface area (Å²) in [5, 5.41) is 0. The number of rotatable bonds is 5. The van der Waals surface area contributed by atoms with E-state index in [1.54, 1.807) is 0 Å². The summed E-state index contributed by atoms with van der Waals surface area (Å²) in [7, 11) is 1.36. The predicted octanol–water partition coefficient (Wildman–Crippen LogP) is 3.04. The lowest BCUT2D eigenvalue weighted by atomic mass is 9.78. The Morgan fingerprint density at radius 3 is 2.71 bits per heavy atom.